The van der Waals surface area contributed by atoms with Gasteiger partial charge in [0, 0.05) is 30.0 Å². The van der Waals surface area contributed by atoms with Gasteiger partial charge in [-0.2, -0.15) is 0 Å². The lowest BCUT2D eigenvalue weighted by atomic mass is 10.1. The number of ether oxygens (including phenoxy) is 3. The SMILES string of the molecule is COc1ccc2ccnc(Nc3ccnc(C(=O)NCc4ccc5c(c4)OCCO5)c3)c2c1. The van der Waals surface area contributed by atoms with Gasteiger partial charge in [-0.3, -0.25) is 9.78 Å². The van der Waals surface area contributed by atoms with Crippen LogP contribution in [-0.4, -0.2) is 36.2 Å². The van der Waals surface area contributed by atoms with Crippen LogP contribution in [0.2, 0.25) is 0 Å². The van der Waals surface area contributed by atoms with Crippen LogP contribution in [0.15, 0.2) is 67.0 Å². The number of pyridine rings is 2. The van der Waals surface area contributed by atoms with Crippen molar-refractivity contribution in [1.82, 2.24) is 15.3 Å². The molecule has 0 spiro atoms. The molecule has 33 heavy (non-hydrogen) atoms. The van der Waals surface area contributed by atoms with Gasteiger partial charge in [0.1, 0.15) is 30.5 Å². The summed E-state index contributed by atoms with van der Waals surface area (Å²) in [5, 5.41) is 8.13. The Hall–Kier alpha value is -4.33. The van der Waals surface area contributed by atoms with Gasteiger partial charge in [-0.05, 0) is 53.4 Å². The van der Waals surface area contributed by atoms with E-state index in [4.69, 9.17) is 14.2 Å². The van der Waals surface area contributed by atoms with Crippen LogP contribution >= 0.6 is 0 Å². The fourth-order valence-electron chi connectivity index (χ4n) is 3.61. The third kappa shape index (κ3) is 4.50. The number of anilines is 2. The first-order chi connectivity index (χ1) is 16.2. The summed E-state index contributed by atoms with van der Waals surface area (Å²) in [7, 11) is 1.63. The summed E-state index contributed by atoms with van der Waals surface area (Å²) >= 11 is 0. The summed E-state index contributed by atoms with van der Waals surface area (Å²) < 4.78 is 16.5. The average molecular weight is 442 g/mol. The lowest BCUT2D eigenvalue weighted by molar-refractivity contribution is 0.0946. The summed E-state index contributed by atoms with van der Waals surface area (Å²) in [6.45, 7) is 1.41. The lowest BCUT2D eigenvalue weighted by Crippen LogP contribution is -2.24. The summed E-state index contributed by atoms with van der Waals surface area (Å²) in [6, 6.07) is 16.9. The molecule has 4 aromatic rings. The van der Waals surface area contributed by atoms with Gasteiger partial charge in [0.2, 0.25) is 0 Å². The van der Waals surface area contributed by atoms with Crippen molar-refractivity contribution in [3.63, 3.8) is 0 Å². The van der Waals surface area contributed by atoms with Crippen LogP contribution < -0.4 is 24.8 Å². The number of nitrogens with one attached hydrogen (secondary N) is 2. The number of nitrogens with zero attached hydrogens (tertiary/aromatic N) is 2. The standard InChI is InChI=1S/C25H22N4O4/c1-31-19-4-3-17-6-8-27-24(20(17)14-19)29-18-7-9-26-21(13-18)25(30)28-15-16-2-5-22-23(12-16)33-11-10-32-22/h2-9,12-14H,10-11,15H2,1H3,(H,28,30)(H,26,27,29). The molecule has 0 saturated heterocycles. The molecule has 3 heterocycles. The van der Waals surface area contributed by atoms with Gasteiger partial charge in [-0.25, -0.2) is 4.98 Å². The second kappa shape index (κ2) is 9.04. The third-order valence-electron chi connectivity index (χ3n) is 5.29. The number of hydrogen-bond donors (Lipinski definition) is 2. The van der Waals surface area contributed by atoms with E-state index < -0.39 is 0 Å². The van der Waals surface area contributed by atoms with Gasteiger partial charge in [0.25, 0.3) is 5.91 Å². The molecule has 2 aromatic heterocycles. The van der Waals surface area contributed by atoms with Crippen molar-refractivity contribution in [2.45, 2.75) is 6.54 Å². The number of benzene rings is 2. The second-order valence-electron chi connectivity index (χ2n) is 7.46. The zero-order chi connectivity index (χ0) is 22.6. The largest absolute Gasteiger partial charge is 0.497 e. The maximum Gasteiger partial charge on any atom is 0.270 e. The molecule has 1 amide bonds. The lowest BCUT2D eigenvalue weighted by Gasteiger charge is -2.19. The van der Waals surface area contributed by atoms with Gasteiger partial charge in [0.05, 0.1) is 7.11 Å². The fraction of sp³-hybridized carbons (Fsp3) is 0.160. The first kappa shape index (κ1) is 20.6. The summed E-state index contributed by atoms with van der Waals surface area (Å²) in [6.07, 6.45) is 3.33. The molecule has 0 saturated carbocycles. The molecule has 0 fully saturated rings. The fourth-order valence-corrected chi connectivity index (χ4v) is 3.61. The molecule has 0 aliphatic carbocycles. The quantitative estimate of drug-likeness (QED) is 0.465. The van der Waals surface area contributed by atoms with Crippen LogP contribution in [0.1, 0.15) is 16.1 Å². The summed E-state index contributed by atoms with van der Waals surface area (Å²) in [4.78, 5) is 21.4. The Balaban J connectivity index is 1.30. The number of carbonyl (C=O) groups is 1. The van der Waals surface area contributed by atoms with Gasteiger partial charge in [-0.15, -0.1) is 0 Å². The predicted molar refractivity (Wildman–Crippen MR) is 124 cm³/mol. The maximum atomic E-state index is 12.7. The summed E-state index contributed by atoms with van der Waals surface area (Å²) in [5.74, 6) is 2.54. The summed E-state index contributed by atoms with van der Waals surface area (Å²) in [5.41, 5.74) is 1.92. The van der Waals surface area contributed by atoms with Gasteiger partial charge in [0.15, 0.2) is 11.5 Å². The Morgan fingerprint density at radius 1 is 0.970 bits per heavy atom. The van der Waals surface area contributed by atoms with Crippen LogP contribution in [0.3, 0.4) is 0 Å². The van der Waals surface area contributed by atoms with Gasteiger partial charge < -0.3 is 24.8 Å². The van der Waals surface area contributed by atoms with Crippen molar-refractivity contribution in [2.75, 3.05) is 25.6 Å². The van der Waals surface area contributed by atoms with Gasteiger partial charge >= 0.3 is 0 Å². The van der Waals surface area contributed by atoms with E-state index in [1.807, 2.05) is 42.5 Å². The zero-order valence-corrected chi connectivity index (χ0v) is 18.0. The maximum absolute atomic E-state index is 12.7. The Morgan fingerprint density at radius 3 is 2.70 bits per heavy atom. The van der Waals surface area contributed by atoms with Crippen LogP contribution in [-0.2, 0) is 6.54 Å². The Labute approximate surface area is 190 Å². The minimum atomic E-state index is -0.277. The zero-order valence-electron chi connectivity index (χ0n) is 18.0. The van der Waals surface area contributed by atoms with Crippen molar-refractivity contribution < 1.29 is 19.0 Å². The predicted octanol–water partition coefficient (Wildman–Crippen LogP) is 4.08. The highest BCUT2D eigenvalue weighted by Gasteiger charge is 2.13. The molecule has 166 valence electrons. The highest BCUT2D eigenvalue weighted by molar-refractivity contribution is 5.95. The van der Waals surface area contributed by atoms with Crippen LogP contribution in [0.5, 0.6) is 17.2 Å². The molecule has 0 radical (unpaired) electrons. The molecule has 1 aliphatic heterocycles. The molecule has 1 aliphatic rings. The van der Waals surface area contributed by atoms with Crippen LogP contribution in [0.25, 0.3) is 10.8 Å². The van der Waals surface area contributed by atoms with Crippen LogP contribution in [0.4, 0.5) is 11.5 Å². The average Bonchev–Trinajstić information content (AvgIpc) is 2.87. The first-order valence-electron chi connectivity index (χ1n) is 10.5. The minimum Gasteiger partial charge on any atom is -0.497 e. The Morgan fingerprint density at radius 2 is 1.82 bits per heavy atom. The highest BCUT2D eigenvalue weighted by atomic mass is 16.6. The highest BCUT2D eigenvalue weighted by Crippen LogP contribution is 2.31. The third-order valence-corrected chi connectivity index (χ3v) is 5.29. The number of carbonyl (C=O) groups excluding carboxylic acids is 1. The number of rotatable bonds is 6. The molecule has 2 aromatic carbocycles. The van der Waals surface area contributed by atoms with Crippen molar-refractivity contribution in [3.05, 3.63) is 78.2 Å². The van der Waals surface area contributed by atoms with E-state index in [0.717, 1.165) is 27.8 Å². The smallest absolute Gasteiger partial charge is 0.270 e. The van der Waals surface area contributed by atoms with E-state index in [1.54, 1.807) is 31.6 Å². The number of methoxy groups -OCH3 is 1. The number of amides is 1. The normalized spacial score (nSPS) is 12.3. The first-order valence-corrected chi connectivity index (χ1v) is 10.5. The van der Waals surface area contributed by atoms with E-state index in [1.165, 1.54) is 0 Å². The van der Waals surface area contributed by atoms with E-state index in [2.05, 4.69) is 20.6 Å². The van der Waals surface area contributed by atoms with Crippen molar-refractivity contribution in [3.8, 4) is 17.2 Å². The number of hydrogen-bond acceptors (Lipinski definition) is 7. The molecule has 0 bridgehead atoms. The second-order valence-corrected chi connectivity index (χ2v) is 7.46. The minimum absolute atomic E-state index is 0.277. The molecule has 0 unspecified atom stereocenters. The van der Waals surface area contributed by atoms with Crippen LogP contribution in [0, 0.1) is 0 Å². The van der Waals surface area contributed by atoms with Crippen molar-refractivity contribution in [2.24, 2.45) is 0 Å². The Kier molecular flexibility index (Phi) is 5.63. The van der Waals surface area contributed by atoms with E-state index in [9.17, 15) is 4.79 Å². The van der Waals surface area contributed by atoms with Crippen molar-refractivity contribution >= 4 is 28.2 Å². The number of aromatic nitrogens is 2. The monoisotopic (exact) mass is 442 g/mol. The molecule has 5 rings (SSSR count). The Bertz CT molecular complexity index is 1330. The molecule has 0 atom stereocenters. The van der Waals surface area contributed by atoms with E-state index in [0.29, 0.717) is 42.7 Å². The van der Waals surface area contributed by atoms with E-state index >= 15 is 0 Å². The van der Waals surface area contributed by atoms with E-state index in [-0.39, 0.29) is 5.91 Å². The molecule has 8 nitrogen and oxygen atoms in total. The van der Waals surface area contributed by atoms with Crippen molar-refractivity contribution in [1.29, 1.82) is 0 Å². The van der Waals surface area contributed by atoms with Gasteiger partial charge in [-0.1, -0.05) is 12.1 Å². The number of fused-ring (bicyclic) bond motifs is 2. The molecule has 2 N–H and O–H groups in total. The topological polar surface area (TPSA) is 94.6 Å². The molecular formula is C25H22N4O4. The molecular weight excluding hydrogens is 420 g/mol. The molecule has 8 heteroatoms.